The molecule has 0 saturated carbocycles. The van der Waals surface area contributed by atoms with E-state index in [9.17, 15) is 14.4 Å². The van der Waals surface area contributed by atoms with Gasteiger partial charge in [0.15, 0.2) is 0 Å². The second kappa shape index (κ2) is 5.34. The Hall–Kier alpha value is -2.63. The van der Waals surface area contributed by atoms with Gasteiger partial charge in [0.05, 0.1) is 13.0 Å². The predicted octanol–water partition coefficient (Wildman–Crippen LogP) is 0.212. The molecule has 6 heteroatoms. The normalized spacial score (nSPS) is 10.3. The summed E-state index contributed by atoms with van der Waals surface area (Å²) in [6, 6.07) is 8.21. The molecular formula is C13H12N2O4. The van der Waals surface area contributed by atoms with Gasteiger partial charge in [-0.15, -0.1) is 0 Å². The number of aliphatic carboxylic acids is 1. The summed E-state index contributed by atoms with van der Waals surface area (Å²) in [4.78, 5) is 35.1. The number of carboxylic acid groups (broad SMARTS) is 1. The Morgan fingerprint density at radius 2 is 1.74 bits per heavy atom. The minimum absolute atomic E-state index is 0.0289. The molecule has 1 aromatic carbocycles. The quantitative estimate of drug-likeness (QED) is 0.822. The van der Waals surface area contributed by atoms with Crippen LogP contribution in [0.1, 0.15) is 11.1 Å². The topological polar surface area (TPSA) is 92.2 Å². The summed E-state index contributed by atoms with van der Waals surface area (Å²) >= 11 is 0. The second-order valence-corrected chi connectivity index (χ2v) is 4.13. The molecular weight excluding hydrogens is 248 g/mol. The van der Waals surface area contributed by atoms with Crippen molar-refractivity contribution in [1.82, 2.24) is 9.55 Å². The molecule has 6 nitrogen and oxygen atoms in total. The van der Waals surface area contributed by atoms with Crippen molar-refractivity contribution in [3.8, 4) is 0 Å². The molecule has 1 aromatic heterocycles. The monoisotopic (exact) mass is 260 g/mol. The van der Waals surface area contributed by atoms with Gasteiger partial charge in [0, 0.05) is 12.3 Å². The van der Waals surface area contributed by atoms with Crippen molar-refractivity contribution in [3.63, 3.8) is 0 Å². The number of aromatic nitrogens is 2. The number of carboxylic acids is 1. The Kier molecular flexibility index (Phi) is 3.61. The highest BCUT2D eigenvalue weighted by atomic mass is 16.4. The zero-order chi connectivity index (χ0) is 13.8. The molecule has 0 atom stereocenters. The molecule has 0 aliphatic carbocycles. The highest BCUT2D eigenvalue weighted by Gasteiger charge is 2.02. The van der Waals surface area contributed by atoms with Crippen LogP contribution in [0.5, 0.6) is 0 Å². The number of hydrogen-bond acceptors (Lipinski definition) is 3. The Morgan fingerprint density at radius 1 is 1.11 bits per heavy atom. The fourth-order valence-electron chi connectivity index (χ4n) is 1.70. The molecule has 0 aliphatic rings. The van der Waals surface area contributed by atoms with Crippen LogP contribution in [-0.4, -0.2) is 20.6 Å². The molecule has 2 N–H and O–H groups in total. The lowest BCUT2D eigenvalue weighted by Crippen LogP contribution is -2.28. The van der Waals surface area contributed by atoms with Gasteiger partial charge in [-0.2, -0.15) is 0 Å². The van der Waals surface area contributed by atoms with Crippen molar-refractivity contribution in [2.75, 3.05) is 0 Å². The summed E-state index contributed by atoms with van der Waals surface area (Å²) in [5.74, 6) is -0.885. The molecule has 2 aromatic rings. The first-order valence-corrected chi connectivity index (χ1v) is 5.64. The van der Waals surface area contributed by atoms with Crippen molar-refractivity contribution in [2.24, 2.45) is 0 Å². The first-order chi connectivity index (χ1) is 9.04. The highest BCUT2D eigenvalue weighted by molar-refractivity contribution is 5.70. The summed E-state index contributed by atoms with van der Waals surface area (Å²) in [5, 5.41) is 8.65. The van der Waals surface area contributed by atoms with Gasteiger partial charge in [-0.3, -0.25) is 19.1 Å². The Morgan fingerprint density at radius 3 is 2.32 bits per heavy atom. The third kappa shape index (κ3) is 3.41. The highest BCUT2D eigenvalue weighted by Crippen LogP contribution is 2.06. The van der Waals surface area contributed by atoms with E-state index in [1.165, 1.54) is 16.8 Å². The molecule has 0 spiro atoms. The summed E-state index contributed by atoms with van der Waals surface area (Å²) in [6.45, 7) is 0.322. The average Bonchev–Trinajstić information content (AvgIpc) is 2.34. The molecule has 98 valence electrons. The maximum atomic E-state index is 11.5. The minimum Gasteiger partial charge on any atom is -0.481 e. The summed E-state index contributed by atoms with van der Waals surface area (Å²) < 4.78 is 1.37. The van der Waals surface area contributed by atoms with Crippen molar-refractivity contribution in [1.29, 1.82) is 0 Å². The summed E-state index contributed by atoms with van der Waals surface area (Å²) in [5.41, 5.74) is 0.647. The van der Waals surface area contributed by atoms with Crippen LogP contribution < -0.4 is 11.2 Å². The first-order valence-electron chi connectivity index (χ1n) is 5.64. The van der Waals surface area contributed by atoms with Crippen LogP contribution in [0.2, 0.25) is 0 Å². The van der Waals surface area contributed by atoms with Gasteiger partial charge >= 0.3 is 11.7 Å². The van der Waals surface area contributed by atoms with E-state index in [2.05, 4.69) is 4.98 Å². The van der Waals surface area contributed by atoms with Gasteiger partial charge < -0.3 is 5.11 Å². The van der Waals surface area contributed by atoms with Crippen LogP contribution in [0.25, 0.3) is 0 Å². The molecule has 1 heterocycles. The number of hydrogen-bond donors (Lipinski definition) is 2. The van der Waals surface area contributed by atoms with Crippen molar-refractivity contribution in [3.05, 3.63) is 68.5 Å². The molecule has 0 aliphatic heterocycles. The van der Waals surface area contributed by atoms with Crippen molar-refractivity contribution in [2.45, 2.75) is 13.0 Å². The van der Waals surface area contributed by atoms with Crippen LogP contribution in [0.4, 0.5) is 0 Å². The van der Waals surface area contributed by atoms with Crippen molar-refractivity contribution < 1.29 is 9.90 Å². The smallest absolute Gasteiger partial charge is 0.328 e. The van der Waals surface area contributed by atoms with Gasteiger partial charge in [0.25, 0.3) is 5.56 Å². The molecule has 2 rings (SSSR count). The van der Waals surface area contributed by atoms with E-state index in [1.807, 2.05) is 0 Å². The van der Waals surface area contributed by atoms with Crippen LogP contribution in [0.3, 0.4) is 0 Å². The lowest BCUT2D eigenvalue weighted by Gasteiger charge is -2.05. The van der Waals surface area contributed by atoms with E-state index in [1.54, 1.807) is 24.3 Å². The van der Waals surface area contributed by atoms with Gasteiger partial charge in [-0.05, 0) is 11.1 Å². The molecule has 19 heavy (non-hydrogen) atoms. The number of H-pyrrole nitrogens is 1. The maximum absolute atomic E-state index is 11.5. The van der Waals surface area contributed by atoms with Gasteiger partial charge in [-0.25, -0.2) is 4.79 Å². The van der Waals surface area contributed by atoms with E-state index in [0.717, 1.165) is 5.56 Å². The van der Waals surface area contributed by atoms with E-state index < -0.39 is 17.2 Å². The third-order valence-corrected chi connectivity index (χ3v) is 2.63. The fourth-order valence-corrected chi connectivity index (χ4v) is 1.70. The molecule has 0 radical (unpaired) electrons. The average molecular weight is 260 g/mol. The lowest BCUT2D eigenvalue weighted by atomic mass is 10.1. The number of rotatable bonds is 4. The predicted molar refractivity (Wildman–Crippen MR) is 68.2 cm³/mol. The van der Waals surface area contributed by atoms with Crippen molar-refractivity contribution >= 4 is 5.97 Å². The first kappa shape index (κ1) is 12.8. The van der Waals surface area contributed by atoms with Gasteiger partial charge in [-0.1, -0.05) is 24.3 Å². The maximum Gasteiger partial charge on any atom is 0.328 e. The molecule has 0 amide bonds. The SMILES string of the molecule is O=C(O)Cc1ccc(Cn2ccc(=O)[nH]c2=O)cc1. The summed E-state index contributed by atoms with van der Waals surface area (Å²) in [7, 11) is 0. The number of aromatic amines is 1. The molecule has 0 saturated heterocycles. The fraction of sp³-hybridized carbons (Fsp3) is 0.154. The zero-order valence-electron chi connectivity index (χ0n) is 10.00. The minimum atomic E-state index is -0.885. The largest absolute Gasteiger partial charge is 0.481 e. The number of nitrogens with zero attached hydrogens (tertiary/aromatic N) is 1. The van der Waals surface area contributed by atoms with E-state index in [0.29, 0.717) is 12.1 Å². The number of carbonyl (C=O) groups is 1. The Balaban J connectivity index is 2.17. The molecule has 0 fully saturated rings. The van der Waals surface area contributed by atoms with E-state index in [4.69, 9.17) is 5.11 Å². The third-order valence-electron chi connectivity index (χ3n) is 2.63. The van der Waals surface area contributed by atoms with E-state index >= 15 is 0 Å². The van der Waals surface area contributed by atoms with Crippen LogP contribution >= 0.6 is 0 Å². The van der Waals surface area contributed by atoms with E-state index in [-0.39, 0.29) is 6.42 Å². The lowest BCUT2D eigenvalue weighted by molar-refractivity contribution is -0.136. The molecule has 0 bridgehead atoms. The standard InChI is InChI=1S/C13H12N2O4/c16-11-5-6-15(13(19)14-11)8-10-3-1-9(2-4-10)7-12(17)18/h1-6H,7-8H2,(H,17,18)(H,14,16,19). The summed E-state index contributed by atoms with van der Waals surface area (Å²) in [6.07, 6.45) is 1.39. The zero-order valence-corrected chi connectivity index (χ0v) is 10.00. The Labute approximate surface area is 108 Å². The number of benzene rings is 1. The van der Waals surface area contributed by atoms with Gasteiger partial charge in [0.2, 0.25) is 0 Å². The van der Waals surface area contributed by atoms with Gasteiger partial charge in [0.1, 0.15) is 0 Å². The van der Waals surface area contributed by atoms with Crippen LogP contribution in [0.15, 0.2) is 46.1 Å². The molecule has 0 unspecified atom stereocenters. The second-order valence-electron chi connectivity index (χ2n) is 4.13. The number of nitrogens with one attached hydrogen (secondary N) is 1. The van der Waals surface area contributed by atoms with Crippen LogP contribution in [0, 0.1) is 0 Å². The Bertz CT molecular complexity index is 698. The van der Waals surface area contributed by atoms with Crippen LogP contribution in [-0.2, 0) is 17.8 Å².